The Morgan fingerprint density at radius 2 is 0.979 bits per heavy atom. The Morgan fingerprint density at radius 3 is 1.77 bits per heavy atom. The van der Waals surface area contributed by atoms with Crippen LogP contribution >= 0.6 is 0 Å². The van der Waals surface area contributed by atoms with Crippen LogP contribution < -0.4 is 0 Å². The number of rotatable bonds is 5. The van der Waals surface area contributed by atoms with Gasteiger partial charge in [-0.1, -0.05) is 140 Å². The van der Waals surface area contributed by atoms with E-state index in [9.17, 15) is 0 Å². The van der Waals surface area contributed by atoms with Crippen molar-refractivity contribution in [1.82, 2.24) is 15.0 Å². The minimum Gasteiger partial charge on any atom is -0.264 e. The lowest BCUT2D eigenvalue weighted by Crippen LogP contribution is -1.96. The lowest BCUT2D eigenvalue weighted by molar-refractivity contribution is 1.18. The number of hydrogen-bond acceptors (Lipinski definition) is 3. The highest BCUT2D eigenvalue weighted by Crippen LogP contribution is 2.39. The van der Waals surface area contributed by atoms with E-state index in [2.05, 4.69) is 145 Å². The molecule has 0 spiro atoms. The Balaban J connectivity index is 1.16. The van der Waals surface area contributed by atoms with Gasteiger partial charge in [-0.05, 0) is 73.3 Å². The van der Waals surface area contributed by atoms with Crippen LogP contribution in [0.25, 0.3) is 88.5 Å². The number of fused-ring (bicyclic) bond motifs is 5. The molecule has 3 heteroatoms. The highest BCUT2D eigenvalue weighted by atomic mass is 14.9. The van der Waals surface area contributed by atoms with Gasteiger partial charge in [-0.2, -0.15) is 0 Å². The van der Waals surface area contributed by atoms with Crippen molar-refractivity contribution in [3.05, 3.63) is 176 Å². The van der Waals surface area contributed by atoms with Crippen molar-refractivity contribution in [3.8, 4) is 56.2 Å². The number of aromatic nitrogens is 3. The van der Waals surface area contributed by atoms with Gasteiger partial charge in [-0.15, -0.1) is 0 Å². The quantitative estimate of drug-likeness (QED) is 0.182. The predicted octanol–water partition coefficient (Wildman–Crippen LogP) is 11.7. The molecule has 0 fully saturated rings. The van der Waals surface area contributed by atoms with Gasteiger partial charge in [0.05, 0.1) is 11.4 Å². The van der Waals surface area contributed by atoms with Crippen LogP contribution in [0.3, 0.4) is 0 Å². The van der Waals surface area contributed by atoms with E-state index in [4.69, 9.17) is 9.97 Å². The van der Waals surface area contributed by atoms with Gasteiger partial charge in [-0.25, -0.2) is 9.97 Å². The Morgan fingerprint density at radius 1 is 0.354 bits per heavy atom. The fraction of sp³-hybridized carbons (Fsp3) is 0. The molecule has 9 rings (SSSR count). The Hall–Kier alpha value is -6.45. The molecule has 0 aliphatic carbocycles. The second kappa shape index (κ2) is 11.7. The van der Waals surface area contributed by atoms with Crippen molar-refractivity contribution < 1.29 is 0 Å². The topological polar surface area (TPSA) is 38.7 Å². The smallest absolute Gasteiger partial charge is 0.160 e. The van der Waals surface area contributed by atoms with Crippen LogP contribution in [0.1, 0.15) is 0 Å². The molecule has 48 heavy (non-hydrogen) atoms. The van der Waals surface area contributed by atoms with Crippen molar-refractivity contribution >= 4 is 32.3 Å². The molecule has 0 N–H and O–H groups in total. The maximum atomic E-state index is 5.13. The first kappa shape index (κ1) is 27.8. The molecule has 3 nitrogen and oxygen atoms in total. The van der Waals surface area contributed by atoms with Crippen LogP contribution in [0.15, 0.2) is 176 Å². The number of benzene rings is 7. The molecule has 0 saturated carbocycles. The standard InChI is InChI=1S/C45H29N3/c1-2-11-32(12-3-1)42-28-43(48-45(47-42)36-14-8-13-34(26-36)37-15-9-25-46-29-37)33-22-19-31(20-23-33)41-27-35-24-21-30-10-4-5-16-38(30)44(35)40-18-7-6-17-39(40)41/h1-29H. The van der Waals surface area contributed by atoms with Gasteiger partial charge in [0.15, 0.2) is 5.82 Å². The minimum absolute atomic E-state index is 0.689. The molecule has 0 amide bonds. The Bertz CT molecular complexity index is 2590. The van der Waals surface area contributed by atoms with E-state index in [0.717, 1.165) is 39.2 Å². The molecule has 7 aromatic carbocycles. The van der Waals surface area contributed by atoms with E-state index < -0.39 is 0 Å². The molecule has 0 aliphatic heterocycles. The molecule has 9 aromatic rings. The largest absolute Gasteiger partial charge is 0.264 e. The third-order valence-corrected chi connectivity index (χ3v) is 9.15. The molecule has 224 valence electrons. The molecule has 0 atom stereocenters. The second-order valence-corrected chi connectivity index (χ2v) is 12.1. The summed E-state index contributed by atoms with van der Waals surface area (Å²) in [5.41, 5.74) is 9.36. The molecular weight excluding hydrogens is 583 g/mol. The summed E-state index contributed by atoms with van der Waals surface area (Å²) in [5, 5.41) is 7.61. The average molecular weight is 612 g/mol. The van der Waals surface area contributed by atoms with Gasteiger partial charge in [0, 0.05) is 34.6 Å². The molecule has 0 aliphatic rings. The van der Waals surface area contributed by atoms with Crippen LogP contribution in [0.4, 0.5) is 0 Å². The lowest BCUT2D eigenvalue weighted by Gasteiger charge is -2.14. The van der Waals surface area contributed by atoms with E-state index in [1.54, 1.807) is 6.20 Å². The molecule has 0 bridgehead atoms. The van der Waals surface area contributed by atoms with E-state index >= 15 is 0 Å². The summed E-state index contributed by atoms with van der Waals surface area (Å²) in [4.78, 5) is 14.5. The van der Waals surface area contributed by atoms with E-state index in [0.29, 0.717) is 5.82 Å². The first-order valence-electron chi connectivity index (χ1n) is 16.2. The van der Waals surface area contributed by atoms with Crippen molar-refractivity contribution in [2.24, 2.45) is 0 Å². The second-order valence-electron chi connectivity index (χ2n) is 12.1. The van der Waals surface area contributed by atoms with Crippen LogP contribution in [-0.4, -0.2) is 15.0 Å². The summed E-state index contributed by atoms with van der Waals surface area (Å²) in [6.07, 6.45) is 3.68. The first-order valence-corrected chi connectivity index (χ1v) is 16.2. The molecule has 0 radical (unpaired) electrons. The molecule has 2 heterocycles. The minimum atomic E-state index is 0.689. The summed E-state index contributed by atoms with van der Waals surface area (Å²) in [6, 6.07) is 57.8. The summed E-state index contributed by atoms with van der Waals surface area (Å²) < 4.78 is 0. The Labute approximate surface area is 278 Å². The zero-order valence-corrected chi connectivity index (χ0v) is 26.1. The molecule has 0 saturated heterocycles. The van der Waals surface area contributed by atoms with Gasteiger partial charge in [0.25, 0.3) is 0 Å². The SMILES string of the molecule is c1ccc(-c2cc(-c3ccc(-c4cc5ccc6ccccc6c5c5ccccc45)cc3)nc(-c3cccc(-c4cccnc4)c3)n2)cc1. The van der Waals surface area contributed by atoms with Crippen molar-refractivity contribution in [3.63, 3.8) is 0 Å². The predicted molar refractivity (Wildman–Crippen MR) is 200 cm³/mol. The van der Waals surface area contributed by atoms with E-state index in [1.807, 2.05) is 30.5 Å². The third-order valence-electron chi connectivity index (χ3n) is 9.15. The highest BCUT2D eigenvalue weighted by molar-refractivity contribution is 6.23. The third kappa shape index (κ3) is 4.99. The van der Waals surface area contributed by atoms with Crippen LogP contribution in [-0.2, 0) is 0 Å². The molecule has 0 unspecified atom stereocenters. The zero-order chi connectivity index (χ0) is 31.9. The van der Waals surface area contributed by atoms with Crippen molar-refractivity contribution in [2.75, 3.05) is 0 Å². The molecule has 2 aromatic heterocycles. The van der Waals surface area contributed by atoms with Gasteiger partial charge in [0.2, 0.25) is 0 Å². The summed E-state index contributed by atoms with van der Waals surface area (Å²) in [6.45, 7) is 0. The van der Waals surface area contributed by atoms with Crippen molar-refractivity contribution in [2.45, 2.75) is 0 Å². The highest BCUT2D eigenvalue weighted by Gasteiger charge is 2.14. The summed E-state index contributed by atoms with van der Waals surface area (Å²) in [5.74, 6) is 0.689. The number of hydrogen-bond donors (Lipinski definition) is 0. The Kier molecular flexibility index (Phi) is 6.80. The van der Waals surface area contributed by atoms with E-state index in [-0.39, 0.29) is 0 Å². The van der Waals surface area contributed by atoms with Gasteiger partial charge >= 0.3 is 0 Å². The van der Waals surface area contributed by atoms with Crippen molar-refractivity contribution in [1.29, 1.82) is 0 Å². The molecular formula is C45H29N3. The normalized spacial score (nSPS) is 11.3. The fourth-order valence-corrected chi connectivity index (χ4v) is 6.79. The van der Waals surface area contributed by atoms with Gasteiger partial charge in [-0.3, -0.25) is 4.98 Å². The maximum Gasteiger partial charge on any atom is 0.160 e. The van der Waals surface area contributed by atoms with Gasteiger partial charge < -0.3 is 0 Å². The van der Waals surface area contributed by atoms with Crippen LogP contribution in [0.5, 0.6) is 0 Å². The zero-order valence-electron chi connectivity index (χ0n) is 26.1. The maximum absolute atomic E-state index is 5.13. The fourth-order valence-electron chi connectivity index (χ4n) is 6.79. The number of pyridine rings is 1. The van der Waals surface area contributed by atoms with Gasteiger partial charge in [0.1, 0.15) is 0 Å². The first-order chi connectivity index (χ1) is 23.8. The average Bonchev–Trinajstić information content (AvgIpc) is 3.18. The monoisotopic (exact) mass is 611 g/mol. The van der Waals surface area contributed by atoms with E-state index in [1.165, 1.54) is 43.4 Å². The lowest BCUT2D eigenvalue weighted by atomic mass is 9.90. The van der Waals surface area contributed by atoms with Crippen LogP contribution in [0, 0.1) is 0 Å². The number of nitrogens with zero attached hydrogens (tertiary/aromatic N) is 3. The summed E-state index contributed by atoms with van der Waals surface area (Å²) >= 11 is 0. The van der Waals surface area contributed by atoms with Crippen LogP contribution in [0.2, 0.25) is 0 Å². The summed E-state index contributed by atoms with van der Waals surface area (Å²) in [7, 11) is 0.